The van der Waals surface area contributed by atoms with Gasteiger partial charge in [0.15, 0.2) is 0 Å². The highest BCUT2D eigenvalue weighted by Gasteiger charge is 2.61. The first-order valence-electron chi connectivity index (χ1n) is 9.36. The molecule has 4 fully saturated rings. The quantitative estimate of drug-likeness (QED) is 0.629. The summed E-state index contributed by atoms with van der Waals surface area (Å²) in [5.74, 6) is 0.985. The van der Waals surface area contributed by atoms with E-state index in [1.54, 1.807) is 0 Å². The minimum absolute atomic E-state index is 0.131. The van der Waals surface area contributed by atoms with E-state index in [4.69, 9.17) is 0 Å². The molecule has 0 amide bonds. The number of hydrogen-bond acceptors (Lipinski definition) is 2. The summed E-state index contributed by atoms with van der Waals surface area (Å²) in [6, 6.07) is 0. The zero-order valence-corrected chi connectivity index (χ0v) is 14.5. The molecule has 0 saturated heterocycles. The fourth-order valence-electron chi connectivity index (χ4n) is 6.88. The number of carbonyl (C=O) groups is 2. The maximum absolute atomic E-state index is 13.8. The lowest BCUT2D eigenvalue weighted by Gasteiger charge is -2.59. The number of carbonyl (C=O) groups excluding carboxylic acids is 2. The van der Waals surface area contributed by atoms with Crippen LogP contribution in [0.15, 0.2) is 11.7 Å². The molecule has 0 radical (unpaired) electrons. The van der Waals surface area contributed by atoms with Gasteiger partial charge < -0.3 is 0 Å². The van der Waals surface area contributed by atoms with Crippen molar-refractivity contribution >= 4 is 11.6 Å². The van der Waals surface area contributed by atoms with E-state index in [1.807, 2.05) is 0 Å². The fraction of sp³-hybridized carbons (Fsp3) is 0.800. The first-order valence-corrected chi connectivity index (χ1v) is 9.36. The highest BCUT2D eigenvalue weighted by atomic mass is 19.3. The van der Waals surface area contributed by atoms with Gasteiger partial charge in [-0.05, 0) is 66.8 Å². The number of allylic oxidation sites excluding steroid dienone is 1. The maximum Gasteiger partial charge on any atom is 0.269 e. The molecular weight excluding hydrogens is 310 g/mol. The van der Waals surface area contributed by atoms with Crippen molar-refractivity contribution in [3.05, 3.63) is 11.7 Å². The lowest BCUT2D eigenvalue weighted by molar-refractivity contribution is -0.139. The highest BCUT2D eigenvalue weighted by Crippen LogP contribution is 2.66. The molecule has 0 aromatic heterocycles. The van der Waals surface area contributed by atoms with Crippen LogP contribution >= 0.6 is 0 Å². The number of rotatable bonds is 0. The van der Waals surface area contributed by atoms with Crippen molar-refractivity contribution in [1.29, 1.82) is 0 Å². The van der Waals surface area contributed by atoms with E-state index < -0.39 is 6.08 Å². The molecule has 0 aliphatic heterocycles. The van der Waals surface area contributed by atoms with Crippen molar-refractivity contribution in [3.8, 4) is 0 Å². The number of ketones is 2. The molecule has 132 valence electrons. The number of fused-ring (bicyclic) bond motifs is 5. The zero-order chi connectivity index (χ0) is 17.3. The molecule has 4 aliphatic rings. The van der Waals surface area contributed by atoms with Crippen LogP contribution in [0.5, 0.6) is 0 Å². The van der Waals surface area contributed by atoms with Gasteiger partial charge in [0.25, 0.3) is 6.08 Å². The van der Waals surface area contributed by atoms with Gasteiger partial charge in [0.05, 0.1) is 0 Å². The lowest BCUT2D eigenvalue weighted by atomic mass is 9.44. The summed E-state index contributed by atoms with van der Waals surface area (Å²) < 4.78 is 27.5. The predicted octanol–water partition coefficient (Wildman–Crippen LogP) is 4.93. The largest absolute Gasteiger partial charge is 0.300 e. The summed E-state index contributed by atoms with van der Waals surface area (Å²) in [7, 11) is 0. The molecule has 0 spiro atoms. The molecule has 0 bridgehead atoms. The molecule has 4 rings (SSSR count). The Kier molecular flexibility index (Phi) is 3.57. The topological polar surface area (TPSA) is 34.1 Å². The van der Waals surface area contributed by atoms with Gasteiger partial charge >= 0.3 is 0 Å². The van der Waals surface area contributed by atoms with Gasteiger partial charge in [-0.25, -0.2) is 0 Å². The fourth-order valence-corrected chi connectivity index (χ4v) is 6.88. The van der Waals surface area contributed by atoms with E-state index in [0.717, 1.165) is 25.7 Å². The first kappa shape index (κ1) is 16.4. The Labute approximate surface area is 142 Å². The smallest absolute Gasteiger partial charge is 0.269 e. The van der Waals surface area contributed by atoms with E-state index in [2.05, 4.69) is 13.8 Å². The van der Waals surface area contributed by atoms with Crippen LogP contribution in [0, 0.1) is 34.5 Å². The molecule has 4 heteroatoms. The van der Waals surface area contributed by atoms with Crippen molar-refractivity contribution in [1.82, 2.24) is 0 Å². The van der Waals surface area contributed by atoms with Crippen molar-refractivity contribution in [3.63, 3.8) is 0 Å². The summed E-state index contributed by atoms with van der Waals surface area (Å²) in [4.78, 5) is 24.4. The van der Waals surface area contributed by atoms with Crippen LogP contribution in [0.2, 0.25) is 0 Å². The molecule has 0 unspecified atom stereocenters. The van der Waals surface area contributed by atoms with Gasteiger partial charge in [-0.15, -0.1) is 0 Å². The second kappa shape index (κ2) is 5.22. The first-order chi connectivity index (χ1) is 11.3. The van der Waals surface area contributed by atoms with Crippen molar-refractivity contribution in [2.75, 3.05) is 0 Å². The van der Waals surface area contributed by atoms with Crippen LogP contribution in [0.25, 0.3) is 0 Å². The third-order valence-corrected chi connectivity index (χ3v) is 8.28. The number of halogens is 2. The monoisotopic (exact) mass is 336 g/mol. The summed E-state index contributed by atoms with van der Waals surface area (Å²) in [5.41, 5.74) is -0.273. The number of hydrogen-bond donors (Lipinski definition) is 0. The summed E-state index contributed by atoms with van der Waals surface area (Å²) in [5, 5.41) is 0. The Balaban J connectivity index is 1.77. The summed E-state index contributed by atoms with van der Waals surface area (Å²) in [6.45, 7) is 4.21. The van der Waals surface area contributed by atoms with Crippen LogP contribution in [0.3, 0.4) is 0 Å². The Morgan fingerprint density at radius 3 is 2.46 bits per heavy atom. The Morgan fingerprint density at radius 1 is 1.00 bits per heavy atom. The molecule has 0 aromatic rings. The van der Waals surface area contributed by atoms with Crippen LogP contribution < -0.4 is 0 Å². The Bertz CT molecular complexity index is 636. The van der Waals surface area contributed by atoms with Crippen molar-refractivity contribution < 1.29 is 18.4 Å². The van der Waals surface area contributed by atoms with E-state index in [-0.39, 0.29) is 46.4 Å². The average Bonchev–Trinajstić information content (AvgIpc) is 2.83. The molecule has 6 atom stereocenters. The number of Topliss-reactive ketones (excluding diaryl/α,β-unsaturated/α-hetero) is 2. The zero-order valence-electron chi connectivity index (χ0n) is 14.5. The minimum Gasteiger partial charge on any atom is -0.300 e. The molecule has 0 N–H and O–H groups in total. The SMILES string of the molecule is C[C@]12CCC(=O)C[C@@H]1C(=C(F)F)C[C@@H]1[C@@H]2CC[C@]2(C)C(=O)CC[C@@H]12. The lowest BCUT2D eigenvalue weighted by Crippen LogP contribution is -2.54. The second-order valence-electron chi connectivity index (χ2n) is 9.09. The Morgan fingerprint density at radius 2 is 1.75 bits per heavy atom. The van der Waals surface area contributed by atoms with E-state index in [1.165, 1.54) is 0 Å². The van der Waals surface area contributed by atoms with E-state index in [9.17, 15) is 18.4 Å². The van der Waals surface area contributed by atoms with Crippen molar-refractivity contribution in [2.24, 2.45) is 34.5 Å². The van der Waals surface area contributed by atoms with Crippen LogP contribution in [0.1, 0.15) is 65.2 Å². The molecule has 0 heterocycles. The second-order valence-corrected chi connectivity index (χ2v) is 9.09. The maximum atomic E-state index is 13.8. The van der Waals surface area contributed by atoms with Crippen LogP contribution in [-0.4, -0.2) is 11.6 Å². The van der Waals surface area contributed by atoms with Gasteiger partial charge in [-0.2, -0.15) is 8.78 Å². The normalized spacial score (nSPS) is 47.9. The standard InChI is InChI=1S/C20H26F2O2/c1-19-7-5-11(23)9-16(19)13(18(21)22)10-12-14-3-4-17(24)20(14,2)8-6-15(12)19/h12,14-16H,3-10H2,1-2H3/t12-,14-,15-,16+,19+,20-/m0/s1. The van der Waals surface area contributed by atoms with Gasteiger partial charge in [0, 0.05) is 24.7 Å². The van der Waals surface area contributed by atoms with E-state index >= 15 is 0 Å². The van der Waals surface area contributed by atoms with Crippen LogP contribution in [-0.2, 0) is 9.59 Å². The van der Waals surface area contributed by atoms with Gasteiger partial charge in [0.1, 0.15) is 11.6 Å². The summed E-state index contributed by atoms with van der Waals surface area (Å²) in [6.07, 6.45) is 3.68. The van der Waals surface area contributed by atoms with Crippen LogP contribution in [0.4, 0.5) is 8.78 Å². The predicted molar refractivity (Wildman–Crippen MR) is 86.4 cm³/mol. The minimum atomic E-state index is -1.57. The third-order valence-electron chi connectivity index (χ3n) is 8.28. The molecule has 4 aliphatic carbocycles. The van der Waals surface area contributed by atoms with Gasteiger partial charge in [-0.3, -0.25) is 9.59 Å². The Hall–Kier alpha value is -1.06. The molecule has 2 nitrogen and oxygen atoms in total. The van der Waals surface area contributed by atoms with Gasteiger partial charge in [0.2, 0.25) is 0 Å². The van der Waals surface area contributed by atoms with E-state index in [0.29, 0.717) is 31.0 Å². The summed E-state index contributed by atoms with van der Waals surface area (Å²) >= 11 is 0. The highest BCUT2D eigenvalue weighted by molar-refractivity contribution is 5.87. The molecular formula is C20H26F2O2. The van der Waals surface area contributed by atoms with Crippen molar-refractivity contribution in [2.45, 2.75) is 65.2 Å². The third kappa shape index (κ3) is 2.04. The molecule has 0 aromatic carbocycles. The molecule has 4 saturated carbocycles. The van der Waals surface area contributed by atoms with Gasteiger partial charge in [-0.1, -0.05) is 13.8 Å². The average molecular weight is 336 g/mol. The molecule has 24 heavy (non-hydrogen) atoms.